The van der Waals surface area contributed by atoms with E-state index in [1.165, 1.54) is 0 Å². The largest absolute Gasteiger partial charge is 0.384 e. The number of amides is 1. The number of amidine groups is 1. The molecule has 0 spiro atoms. The van der Waals surface area contributed by atoms with Gasteiger partial charge in [-0.1, -0.05) is 64.8 Å². The first-order valence-corrected chi connectivity index (χ1v) is 7.53. The molecule has 0 radical (unpaired) electrons. The molecule has 7 heteroatoms. The molecule has 0 saturated carbocycles. The van der Waals surface area contributed by atoms with Crippen molar-refractivity contribution in [1.29, 1.82) is 0 Å². The minimum absolute atomic E-state index is 0.208. The third-order valence-electron chi connectivity index (χ3n) is 2.92. The Morgan fingerprint density at radius 3 is 2.61 bits per heavy atom. The number of rotatable bonds is 6. The molecule has 120 valence electrons. The Labute approximate surface area is 144 Å². The molecule has 0 atom stereocenters. The Bertz CT molecular complexity index is 706. The van der Waals surface area contributed by atoms with E-state index in [4.69, 9.17) is 33.8 Å². The van der Waals surface area contributed by atoms with Crippen LogP contribution in [0.4, 0.5) is 0 Å². The van der Waals surface area contributed by atoms with Gasteiger partial charge in [-0.25, -0.2) is 0 Å². The Balaban J connectivity index is 1.79. The Morgan fingerprint density at radius 1 is 1.17 bits per heavy atom. The first-order valence-electron chi connectivity index (χ1n) is 6.77. The number of carbonyl (C=O) groups is 1. The number of carbonyl (C=O) groups excluding carboxylic acids is 1. The molecule has 0 aliphatic heterocycles. The molecular formula is C16H15Cl2N3O2. The standard InChI is InChI=1S/C16H15Cl2N3O2/c17-13-7-6-12(14(18)8-13)9-20-15(22)10-23-21-16(19)11-4-2-1-3-5-11/h1-8H,9-10H2,(H2,19,21)(H,20,22). The van der Waals surface area contributed by atoms with E-state index in [0.717, 1.165) is 11.1 Å². The summed E-state index contributed by atoms with van der Waals surface area (Å²) in [6.45, 7) is 0.0365. The Hall–Kier alpha value is -2.24. The molecule has 0 bridgehead atoms. The number of nitrogens with two attached hydrogens (primary N) is 1. The lowest BCUT2D eigenvalue weighted by molar-refractivity contribution is -0.125. The van der Waals surface area contributed by atoms with Crippen LogP contribution in [-0.2, 0) is 16.2 Å². The van der Waals surface area contributed by atoms with Crippen molar-refractivity contribution in [2.24, 2.45) is 10.9 Å². The smallest absolute Gasteiger partial charge is 0.261 e. The topological polar surface area (TPSA) is 76.7 Å². The van der Waals surface area contributed by atoms with Gasteiger partial charge in [0.15, 0.2) is 12.4 Å². The van der Waals surface area contributed by atoms with E-state index in [1.54, 1.807) is 30.3 Å². The van der Waals surface area contributed by atoms with Crippen molar-refractivity contribution in [3.63, 3.8) is 0 Å². The van der Waals surface area contributed by atoms with Crippen molar-refractivity contribution in [2.75, 3.05) is 6.61 Å². The van der Waals surface area contributed by atoms with Crippen LogP contribution in [0.2, 0.25) is 10.0 Å². The molecule has 0 fully saturated rings. The highest BCUT2D eigenvalue weighted by Gasteiger charge is 2.05. The average molecular weight is 352 g/mol. The summed E-state index contributed by atoms with van der Waals surface area (Å²) in [5.74, 6) is -0.125. The van der Waals surface area contributed by atoms with E-state index >= 15 is 0 Å². The van der Waals surface area contributed by atoms with Gasteiger partial charge < -0.3 is 15.9 Å². The third-order valence-corrected chi connectivity index (χ3v) is 3.51. The third kappa shape index (κ3) is 5.47. The van der Waals surface area contributed by atoms with Crippen molar-refractivity contribution in [3.05, 3.63) is 69.7 Å². The van der Waals surface area contributed by atoms with Crippen LogP contribution in [0.1, 0.15) is 11.1 Å². The molecule has 23 heavy (non-hydrogen) atoms. The summed E-state index contributed by atoms with van der Waals surface area (Å²) in [6.07, 6.45) is 0. The van der Waals surface area contributed by atoms with Crippen LogP contribution in [0.15, 0.2) is 53.7 Å². The number of hydrogen-bond donors (Lipinski definition) is 2. The van der Waals surface area contributed by atoms with Crippen LogP contribution < -0.4 is 11.1 Å². The number of nitrogens with one attached hydrogen (secondary N) is 1. The van der Waals surface area contributed by atoms with Gasteiger partial charge in [-0.05, 0) is 17.7 Å². The summed E-state index contributed by atoms with van der Waals surface area (Å²) in [7, 11) is 0. The lowest BCUT2D eigenvalue weighted by Gasteiger charge is -2.07. The van der Waals surface area contributed by atoms with Crippen LogP contribution in [-0.4, -0.2) is 18.3 Å². The second-order valence-electron chi connectivity index (χ2n) is 4.63. The van der Waals surface area contributed by atoms with Crippen LogP contribution in [0.5, 0.6) is 0 Å². The lowest BCUT2D eigenvalue weighted by Crippen LogP contribution is -2.27. The van der Waals surface area contributed by atoms with Crippen molar-refractivity contribution < 1.29 is 9.63 Å². The number of benzene rings is 2. The zero-order valence-corrected chi connectivity index (χ0v) is 13.6. The number of hydrogen-bond acceptors (Lipinski definition) is 3. The average Bonchev–Trinajstić information content (AvgIpc) is 2.54. The minimum atomic E-state index is -0.333. The van der Waals surface area contributed by atoms with Crippen molar-refractivity contribution in [3.8, 4) is 0 Å². The highest BCUT2D eigenvalue weighted by Crippen LogP contribution is 2.20. The molecule has 0 heterocycles. The van der Waals surface area contributed by atoms with E-state index in [9.17, 15) is 4.79 Å². The van der Waals surface area contributed by atoms with Crippen LogP contribution in [0.25, 0.3) is 0 Å². The molecule has 0 saturated heterocycles. The fourth-order valence-electron chi connectivity index (χ4n) is 1.73. The van der Waals surface area contributed by atoms with Crippen LogP contribution in [0.3, 0.4) is 0 Å². The van der Waals surface area contributed by atoms with Crippen LogP contribution >= 0.6 is 23.2 Å². The van der Waals surface area contributed by atoms with Gasteiger partial charge >= 0.3 is 0 Å². The molecule has 0 aliphatic rings. The second-order valence-corrected chi connectivity index (χ2v) is 5.47. The summed E-state index contributed by atoms with van der Waals surface area (Å²) < 4.78 is 0. The molecule has 0 unspecified atom stereocenters. The molecule has 2 rings (SSSR count). The van der Waals surface area contributed by atoms with E-state index in [-0.39, 0.29) is 24.9 Å². The fourth-order valence-corrected chi connectivity index (χ4v) is 2.21. The molecule has 0 aromatic heterocycles. The van der Waals surface area contributed by atoms with Gasteiger partial charge in [0, 0.05) is 22.2 Å². The molecule has 0 aliphatic carbocycles. The van der Waals surface area contributed by atoms with Crippen molar-refractivity contribution in [1.82, 2.24) is 5.32 Å². The van der Waals surface area contributed by atoms with E-state index in [0.29, 0.717) is 10.0 Å². The first kappa shape index (κ1) is 17.1. The van der Waals surface area contributed by atoms with Gasteiger partial charge in [0.25, 0.3) is 5.91 Å². The van der Waals surface area contributed by atoms with E-state index < -0.39 is 0 Å². The normalized spacial score (nSPS) is 11.1. The molecule has 3 N–H and O–H groups in total. The molecule has 2 aromatic rings. The zero-order chi connectivity index (χ0) is 16.7. The maximum absolute atomic E-state index is 11.7. The highest BCUT2D eigenvalue weighted by atomic mass is 35.5. The van der Waals surface area contributed by atoms with Gasteiger partial charge in [0.2, 0.25) is 0 Å². The highest BCUT2D eigenvalue weighted by molar-refractivity contribution is 6.35. The van der Waals surface area contributed by atoms with Gasteiger partial charge in [0.05, 0.1) is 0 Å². The van der Waals surface area contributed by atoms with E-state index in [2.05, 4.69) is 10.5 Å². The summed E-state index contributed by atoms with van der Waals surface area (Å²) in [4.78, 5) is 16.6. The summed E-state index contributed by atoms with van der Waals surface area (Å²) in [5, 5.41) is 7.41. The van der Waals surface area contributed by atoms with Gasteiger partial charge in [-0.15, -0.1) is 0 Å². The van der Waals surface area contributed by atoms with Gasteiger partial charge in [0.1, 0.15) is 0 Å². The van der Waals surface area contributed by atoms with Crippen LogP contribution in [0, 0.1) is 0 Å². The molecule has 1 amide bonds. The second kappa shape index (κ2) is 8.41. The zero-order valence-electron chi connectivity index (χ0n) is 12.1. The molecular weight excluding hydrogens is 337 g/mol. The molecule has 5 nitrogen and oxygen atoms in total. The summed E-state index contributed by atoms with van der Waals surface area (Å²) in [5.41, 5.74) is 7.23. The fraction of sp³-hybridized carbons (Fsp3) is 0.125. The monoisotopic (exact) mass is 351 g/mol. The summed E-state index contributed by atoms with van der Waals surface area (Å²) in [6, 6.07) is 14.2. The SMILES string of the molecule is N/C(=N/OCC(=O)NCc1ccc(Cl)cc1Cl)c1ccccc1. The Kier molecular flexibility index (Phi) is 6.26. The van der Waals surface area contributed by atoms with E-state index in [1.807, 2.05) is 18.2 Å². The first-order chi connectivity index (χ1) is 11.1. The predicted octanol–water partition coefficient (Wildman–Crippen LogP) is 2.95. The Morgan fingerprint density at radius 2 is 1.91 bits per heavy atom. The number of oxime groups is 1. The maximum Gasteiger partial charge on any atom is 0.261 e. The lowest BCUT2D eigenvalue weighted by atomic mass is 10.2. The van der Waals surface area contributed by atoms with Crippen molar-refractivity contribution in [2.45, 2.75) is 6.54 Å². The minimum Gasteiger partial charge on any atom is -0.384 e. The van der Waals surface area contributed by atoms with Gasteiger partial charge in [-0.2, -0.15) is 0 Å². The predicted molar refractivity (Wildman–Crippen MR) is 91.4 cm³/mol. The maximum atomic E-state index is 11.7. The summed E-state index contributed by atoms with van der Waals surface area (Å²) >= 11 is 11.8. The number of halogens is 2. The molecule has 2 aromatic carbocycles. The number of nitrogens with zero attached hydrogens (tertiary/aromatic N) is 1. The van der Waals surface area contributed by atoms with Crippen molar-refractivity contribution >= 4 is 34.9 Å². The van der Waals surface area contributed by atoms with Gasteiger partial charge in [-0.3, -0.25) is 4.79 Å². The quantitative estimate of drug-likeness (QED) is 0.477.